The molecule has 0 aliphatic heterocycles. The summed E-state index contributed by atoms with van der Waals surface area (Å²) >= 11 is 0. The molecule has 0 heterocycles. The predicted molar refractivity (Wildman–Crippen MR) is 98.1 cm³/mol. The third-order valence-corrected chi connectivity index (χ3v) is 4.75. The molecule has 0 rings (SSSR count). The molecular formula is C20H43N. The molecule has 128 valence electrons. The van der Waals surface area contributed by atoms with Crippen LogP contribution in [-0.4, -0.2) is 24.5 Å². The van der Waals surface area contributed by atoms with E-state index >= 15 is 0 Å². The number of rotatable bonds is 16. The normalized spacial score (nSPS) is 13.0. The van der Waals surface area contributed by atoms with E-state index in [1.54, 1.807) is 0 Å². The van der Waals surface area contributed by atoms with Gasteiger partial charge in [0.15, 0.2) is 0 Å². The molecule has 0 aromatic rings. The molecule has 0 spiro atoms. The molecule has 0 bridgehead atoms. The van der Waals surface area contributed by atoms with Crippen molar-refractivity contribution < 1.29 is 0 Å². The fourth-order valence-electron chi connectivity index (χ4n) is 3.23. The van der Waals surface area contributed by atoms with Crippen molar-refractivity contribution in [2.24, 2.45) is 0 Å². The van der Waals surface area contributed by atoms with Crippen LogP contribution in [0.5, 0.6) is 0 Å². The summed E-state index contributed by atoms with van der Waals surface area (Å²) in [5.41, 5.74) is 0. The van der Waals surface area contributed by atoms with Gasteiger partial charge < -0.3 is 4.90 Å². The Morgan fingerprint density at radius 2 is 1.10 bits per heavy atom. The minimum absolute atomic E-state index is 0.840. The van der Waals surface area contributed by atoms with E-state index in [0.717, 1.165) is 6.04 Å². The van der Waals surface area contributed by atoms with E-state index in [1.807, 2.05) is 0 Å². The lowest BCUT2D eigenvalue weighted by Crippen LogP contribution is -2.32. The van der Waals surface area contributed by atoms with Crippen LogP contribution in [0.4, 0.5) is 0 Å². The minimum atomic E-state index is 0.840. The topological polar surface area (TPSA) is 3.24 Å². The van der Waals surface area contributed by atoms with Gasteiger partial charge in [-0.15, -0.1) is 0 Å². The Hall–Kier alpha value is -0.0400. The molecule has 0 aliphatic rings. The fourth-order valence-corrected chi connectivity index (χ4v) is 3.23. The average molecular weight is 298 g/mol. The Morgan fingerprint density at radius 1 is 0.571 bits per heavy atom. The van der Waals surface area contributed by atoms with Crippen molar-refractivity contribution in [2.75, 3.05) is 13.6 Å². The second kappa shape index (κ2) is 16.3. The molecule has 0 N–H and O–H groups in total. The molecule has 0 saturated heterocycles. The lowest BCUT2D eigenvalue weighted by molar-refractivity contribution is 0.208. The van der Waals surface area contributed by atoms with Crippen molar-refractivity contribution in [3.05, 3.63) is 0 Å². The Morgan fingerprint density at radius 3 is 1.67 bits per heavy atom. The van der Waals surface area contributed by atoms with Crippen LogP contribution in [-0.2, 0) is 0 Å². The maximum Gasteiger partial charge on any atom is 0.00921 e. The zero-order valence-corrected chi connectivity index (χ0v) is 15.6. The third-order valence-electron chi connectivity index (χ3n) is 4.75. The molecule has 0 aliphatic carbocycles. The second-order valence-electron chi connectivity index (χ2n) is 6.89. The summed E-state index contributed by atoms with van der Waals surface area (Å²) in [6, 6.07) is 0.840. The zero-order valence-electron chi connectivity index (χ0n) is 15.6. The zero-order chi connectivity index (χ0) is 15.8. The van der Waals surface area contributed by atoms with Crippen LogP contribution in [0.15, 0.2) is 0 Å². The van der Waals surface area contributed by atoms with Gasteiger partial charge in [-0.1, -0.05) is 91.4 Å². The molecule has 1 nitrogen and oxygen atoms in total. The van der Waals surface area contributed by atoms with Gasteiger partial charge in [0.2, 0.25) is 0 Å². The van der Waals surface area contributed by atoms with Gasteiger partial charge in [-0.25, -0.2) is 0 Å². The van der Waals surface area contributed by atoms with E-state index < -0.39 is 0 Å². The van der Waals surface area contributed by atoms with Crippen LogP contribution < -0.4 is 0 Å². The van der Waals surface area contributed by atoms with Gasteiger partial charge in [0.05, 0.1) is 0 Å². The van der Waals surface area contributed by atoms with Gasteiger partial charge in [-0.05, 0) is 32.9 Å². The summed E-state index contributed by atoms with van der Waals surface area (Å²) in [5, 5.41) is 0. The van der Waals surface area contributed by atoms with Crippen LogP contribution in [0.1, 0.15) is 111 Å². The van der Waals surface area contributed by atoms with Crippen LogP contribution in [0.2, 0.25) is 0 Å². The number of unbranched alkanes of at least 4 members (excludes halogenated alkanes) is 9. The molecule has 0 aromatic heterocycles. The first kappa shape index (κ1) is 21.0. The SMILES string of the molecule is CCCCCCCCN(C)C(CCC)CCCCCCC. The first-order chi connectivity index (χ1) is 10.3. The highest BCUT2D eigenvalue weighted by molar-refractivity contribution is 4.69. The van der Waals surface area contributed by atoms with Gasteiger partial charge in [0.25, 0.3) is 0 Å². The van der Waals surface area contributed by atoms with Gasteiger partial charge in [0.1, 0.15) is 0 Å². The summed E-state index contributed by atoms with van der Waals surface area (Å²) < 4.78 is 0. The quantitative estimate of drug-likeness (QED) is 0.283. The van der Waals surface area contributed by atoms with Crippen molar-refractivity contribution in [1.29, 1.82) is 0 Å². The largest absolute Gasteiger partial charge is 0.303 e. The highest BCUT2D eigenvalue weighted by atomic mass is 15.1. The standard InChI is InChI=1S/C20H43N/c1-5-8-10-12-14-16-19-21(4)20(17-7-3)18-15-13-11-9-6-2/h20H,5-19H2,1-4H3. The summed E-state index contributed by atoms with van der Waals surface area (Å²) in [5.74, 6) is 0. The minimum Gasteiger partial charge on any atom is -0.303 e. The molecule has 0 aromatic carbocycles. The average Bonchev–Trinajstić information content (AvgIpc) is 2.49. The first-order valence-corrected chi connectivity index (χ1v) is 9.96. The van der Waals surface area contributed by atoms with Crippen LogP contribution >= 0.6 is 0 Å². The van der Waals surface area contributed by atoms with E-state index in [0.29, 0.717) is 0 Å². The molecule has 21 heavy (non-hydrogen) atoms. The molecule has 0 fully saturated rings. The second-order valence-corrected chi connectivity index (χ2v) is 6.89. The Balaban J connectivity index is 3.70. The van der Waals surface area contributed by atoms with Gasteiger partial charge in [0, 0.05) is 6.04 Å². The highest BCUT2D eigenvalue weighted by Gasteiger charge is 2.12. The summed E-state index contributed by atoms with van der Waals surface area (Å²) in [4.78, 5) is 2.66. The van der Waals surface area contributed by atoms with Gasteiger partial charge in [-0.2, -0.15) is 0 Å². The van der Waals surface area contributed by atoms with Crippen molar-refractivity contribution in [3.8, 4) is 0 Å². The lowest BCUT2D eigenvalue weighted by atomic mass is 10.0. The van der Waals surface area contributed by atoms with E-state index in [4.69, 9.17) is 0 Å². The van der Waals surface area contributed by atoms with Gasteiger partial charge in [-0.3, -0.25) is 0 Å². The van der Waals surface area contributed by atoms with Crippen LogP contribution in [0.3, 0.4) is 0 Å². The monoisotopic (exact) mass is 297 g/mol. The molecule has 1 unspecified atom stereocenters. The smallest absolute Gasteiger partial charge is 0.00921 e. The van der Waals surface area contributed by atoms with Crippen LogP contribution in [0, 0.1) is 0 Å². The number of hydrogen-bond donors (Lipinski definition) is 0. The van der Waals surface area contributed by atoms with Crippen molar-refractivity contribution >= 4 is 0 Å². The molecule has 1 heteroatoms. The van der Waals surface area contributed by atoms with Crippen LogP contribution in [0.25, 0.3) is 0 Å². The number of hydrogen-bond acceptors (Lipinski definition) is 1. The van der Waals surface area contributed by atoms with Crippen molar-refractivity contribution in [1.82, 2.24) is 4.90 Å². The fraction of sp³-hybridized carbons (Fsp3) is 1.00. The predicted octanol–water partition coefficient (Wildman–Crippen LogP) is 6.81. The lowest BCUT2D eigenvalue weighted by Gasteiger charge is -2.28. The summed E-state index contributed by atoms with van der Waals surface area (Å²) in [6.45, 7) is 8.24. The molecule has 0 amide bonds. The summed E-state index contributed by atoms with van der Waals surface area (Å²) in [7, 11) is 2.36. The molecule has 0 radical (unpaired) electrons. The van der Waals surface area contributed by atoms with Gasteiger partial charge >= 0.3 is 0 Å². The third kappa shape index (κ3) is 13.4. The van der Waals surface area contributed by atoms with E-state index in [1.165, 1.54) is 96.4 Å². The first-order valence-electron chi connectivity index (χ1n) is 9.96. The molecule has 0 saturated carbocycles. The van der Waals surface area contributed by atoms with E-state index in [-0.39, 0.29) is 0 Å². The maximum absolute atomic E-state index is 2.66. The number of nitrogens with zero attached hydrogens (tertiary/aromatic N) is 1. The maximum atomic E-state index is 2.66. The van der Waals surface area contributed by atoms with E-state index in [2.05, 4.69) is 32.7 Å². The Labute approximate surface area is 135 Å². The molecular weight excluding hydrogens is 254 g/mol. The Kier molecular flexibility index (Phi) is 16.3. The van der Waals surface area contributed by atoms with Crippen molar-refractivity contribution in [2.45, 2.75) is 117 Å². The highest BCUT2D eigenvalue weighted by Crippen LogP contribution is 2.16. The van der Waals surface area contributed by atoms with E-state index in [9.17, 15) is 0 Å². The molecule has 1 atom stereocenters. The van der Waals surface area contributed by atoms with Crippen molar-refractivity contribution in [3.63, 3.8) is 0 Å². The Bertz CT molecular complexity index is 190. The summed E-state index contributed by atoms with van der Waals surface area (Å²) in [6.07, 6.45) is 19.7.